The summed E-state index contributed by atoms with van der Waals surface area (Å²) in [4.78, 5) is 5.08. The number of amidine groups is 1. The molecule has 24 heavy (non-hydrogen) atoms. The monoisotopic (exact) mass is 362 g/mol. The number of aryl methyl sites for hydroxylation is 1. The minimum atomic E-state index is -0.318. The lowest BCUT2D eigenvalue weighted by atomic mass is 10.1. The third-order valence-corrected chi connectivity index (χ3v) is 4.97. The molecule has 2 atom stereocenters. The minimum Gasteiger partial charge on any atom is -0.274 e. The maximum atomic E-state index is 14.4. The summed E-state index contributed by atoms with van der Waals surface area (Å²) < 4.78 is 14.4. The first-order valence-corrected chi connectivity index (χ1v) is 9.08. The molecule has 0 bridgehead atoms. The van der Waals surface area contributed by atoms with Crippen LogP contribution in [0.1, 0.15) is 18.1 Å². The highest BCUT2D eigenvalue weighted by atomic mass is 32.2. The van der Waals surface area contributed by atoms with Crippen LogP contribution in [0.2, 0.25) is 0 Å². The van der Waals surface area contributed by atoms with Gasteiger partial charge in [-0.1, -0.05) is 29.8 Å². The van der Waals surface area contributed by atoms with Crippen LogP contribution in [0.4, 0.5) is 10.1 Å². The summed E-state index contributed by atoms with van der Waals surface area (Å²) in [6.45, 7) is 4.04. The van der Waals surface area contributed by atoms with Crippen molar-refractivity contribution in [2.45, 2.75) is 31.3 Å². The number of nitrogens with two attached hydrogens (primary N) is 1. The van der Waals surface area contributed by atoms with Crippen LogP contribution in [-0.4, -0.2) is 12.0 Å². The molecule has 0 saturated heterocycles. The quantitative estimate of drug-likeness (QED) is 0.649. The molecule has 0 amide bonds. The summed E-state index contributed by atoms with van der Waals surface area (Å²) in [6, 6.07) is 11.9. The molecule has 3 rings (SSSR count). The molecule has 0 fully saturated rings. The molecule has 0 saturated carbocycles. The molecule has 2 aromatic rings. The van der Waals surface area contributed by atoms with Gasteiger partial charge in [0, 0.05) is 11.7 Å². The Kier molecular flexibility index (Phi) is 5.21. The SMILES string of the molecule is Cc1cccc(CC2=NC(C)NN2c2ccc(SN)c(F)c2P)c1. The highest BCUT2D eigenvalue weighted by molar-refractivity contribution is 7.97. The van der Waals surface area contributed by atoms with E-state index < -0.39 is 0 Å². The van der Waals surface area contributed by atoms with Crippen LogP contribution >= 0.6 is 21.2 Å². The zero-order chi connectivity index (χ0) is 17.3. The predicted octanol–water partition coefficient (Wildman–Crippen LogP) is 2.91. The van der Waals surface area contributed by atoms with Crippen LogP contribution in [0.3, 0.4) is 0 Å². The van der Waals surface area contributed by atoms with Gasteiger partial charge in [-0.25, -0.2) is 9.82 Å². The van der Waals surface area contributed by atoms with E-state index >= 15 is 0 Å². The van der Waals surface area contributed by atoms with Crippen LogP contribution in [0, 0.1) is 12.7 Å². The average molecular weight is 362 g/mol. The van der Waals surface area contributed by atoms with E-state index in [2.05, 4.69) is 44.8 Å². The molecule has 0 aromatic heterocycles. The lowest BCUT2D eigenvalue weighted by Crippen LogP contribution is -2.42. The van der Waals surface area contributed by atoms with Crippen LogP contribution in [0.15, 0.2) is 46.3 Å². The molecule has 3 N–H and O–H groups in total. The number of nitrogens with one attached hydrogen (secondary N) is 1. The molecule has 1 heterocycles. The molecule has 0 aliphatic carbocycles. The summed E-state index contributed by atoms with van der Waals surface area (Å²) in [5, 5.41) is 7.84. The predicted molar refractivity (Wildman–Crippen MR) is 103 cm³/mol. The highest BCUT2D eigenvalue weighted by Gasteiger charge is 2.26. The number of benzene rings is 2. The van der Waals surface area contributed by atoms with Crippen LogP contribution < -0.4 is 20.9 Å². The van der Waals surface area contributed by atoms with Crippen molar-refractivity contribution in [3.8, 4) is 0 Å². The van der Waals surface area contributed by atoms with Crippen LogP contribution in [0.25, 0.3) is 0 Å². The normalized spacial score (nSPS) is 17.3. The number of anilines is 1. The molecule has 7 heteroatoms. The van der Waals surface area contributed by atoms with E-state index in [1.165, 1.54) is 11.1 Å². The van der Waals surface area contributed by atoms with Gasteiger partial charge in [-0.15, -0.1) is 9.24 Å². The Morgan fingerprint density at radius 1 is 1.38 bits per heavy atom. The summed E-state index contributed by atoms with van der Waals surface area (Å²) >= 11 is 0.909. The molecule has 0 radical (unpaired) electrons. The Bertz CT molecular complexity index is 796. The van der Waals surface area contributed by atoms with E-state index in [1.54, 1.807) is 6.07 Å². The van der Waals surface area contributed by atoms with Gasteiger partial charge in [0.25, 0.3) is 0 Å². The fourth-order valence-electron chi connectivity index (χ4n) is 2.76. The van der Waals surface area contributed by atoms with Crippen molar-refractivity contribution in [1.82, 2.24) is 5.43 Å². The van der Waals surface area contributed by atoms with Gasteiger partial charge < -0.3 is 0 Å². The third-order valence-electron chi connectivity index (χ3n) is 3.85. The molecule has 1 aliphatic rings. The van der Waals surface area contributed by atoms with Gasteiger partial charge >= 0.3 is 0 Å². The van der Waals surface area contributed by atoms with Gasteiger partial charge in [-0.05, 0) is 43.5 Å². The van der Waals surface area contributed by atoms with E-state index in [4.69, 9.17) is 5.14 Å². The first-order valence-electron chi connectivity index (χ1n) is 7.63. The molecule has 2 unspecified atom stereocenters. The summed E-state index contributed by atoms with van der Waals surface area (Å²) in [5.74, 6) is 0.547. The number of halogens is 1. The third kappa shape index (κ3) is 3.47. The Balaban J connectivity index is 1.93. The van der Waals surface area contributed by atoms with Crippen LogP contribution in [-0.2, 0) is 6.42 Å². The fraction of sp³-hybridized carbons (Fsp3) is 0.235. The van der Waals surface area contributed by atoms with Crippen molar-refractivity contribution in [1.29, 1.82) is 0 Å². The Labute approximate surface area is 148 Å². The van der Waals surface area contributed by atoms with Gasteiger partial charge in [0.15, 0.2) is 0 Å². The van der Waals surface area contributed by atoms with Crippen molar-refractivity contribution in [3.05, 3.63) is 53.3 Å². The minimum absolute atomic E-state index is 0.0548. The molecule has 2 aromatic carbocycles. The smallest absolute Gasteiger partial charge is 0.147 e. The van der Waals surface area contributed by atoms with Crippen molar-refractivity contribution in [2.75, 3.05) is 5.01 Å². The molecule has 1 aliphatic heterocycles. The molecule has 126 valence electrons. The zero-order valence-corrected chi connectivity index (χ0v) is 15.6. The number of hydrogen-bond acceptors (Lipinski definition) is 5. The Morgan fingerprint density at radius 2 is 2.17 bits per heavy atom. The van der Waals surface area contributed by atoms with E-state index in [0.29, 0.717) is 16.6 Å². The van der Waals surface area contributed by atoms with Gasteiger partial charge in [0.05, 0.1) is 10.6 Å². The van der Waals surface area contributed by atoms with Crippen molar-refractivity contribution in [3.63, 3.8) is 0 Å². The van der Waals surface area contributed by atoms with Crippen LogP contribution in [0.5, 0.6) is 0 Å². The van der Waals surface area contributed by atoms with Gasteiger partial charge in [-0.2, -0.15) is 0 Å². The number of hydrogen-bond donors (Lipinski definition) is 2. The zero-order valence-electron chi connectivity index (χ0n) is 13.6. The maximum Gasteiger partial charge on any atom is 0.147 e. The standard InChI is InChI=1S/C17H20FN4PS/c1-10-4-3-5-12(8-10)9-15-20-11(2)21-22(15)13-6-7-14(24-19)16(18)17(13)23/h3-8,11,21H,9,19,23H2,1-2H3. The fourth-order valence-corrected chi connectivity index (χ4v) is 3.60. The second kappa shape index (κ2) is 7.19. The van der Waals surface area contributed by atoms with E-state index in [-0.39, 0.29) is 12.0 Å². The number of hydrazine groups is 1. The van der Waals surface area contributed by atoms with Crippen molar-refractivity contribution in [2.24, 2.45) is 10.1 Å². The lowest BCUT2D eigenvalue weighted by molar-refractivity contribution is 0.606. The van der Waals surface area contributed by atoms with E-state index in [9.17, 15) is 4.39 Å². The highest BCUT2D eigenvalue weighted by Crippen LogP contribution is 2.25. The van der Waals surface area contributed by atoms with Crippen molar-refractivity contribution >= 4 is 38.0 Å². The van der Waals surface area contributed by atoms with Gasteiger partial charge in [-0.3, -0.25) is 15.1 Å². The molecular weight excluding hydrogens is 342 g/mol. The van der Waals surface area contributed by atoms with E-state index in [1.807, 2.05) is 24.1 Å². The number of aliphatic imine (C=N–C) groups is 1. The largest absolute Gasteiger partial charge is 0.274 e. The number of rotatable bonds is 4. The summed E-state index contributed by atoms with van der Waals surface area (Å²) in [7, 11) is 2.47. The molecule has 0 spiro atoms. The lowest BCUT2D eigenvalue weighted by Gasteiger charge is -2.24. The molecule has 4 nitrogen and oxygen atoms in total. The Morgan fingerprint density at radius 3 is 2.88 bits per heavy atom. The average Bonchev–Trinajstić information content (AvgIpc) is 2.90. The topological polar surface area (TPSA) is 53.7 Å². The summed E-state index contributed by atoms with van der Waals surface area (Å²) in [5.41, 5.74) is 6.38. The Hall–Kier alpha value is -1.46. The first kappa shape index (κ1) is 17.4. The van der Waals surface area contributed by atoms with Crippen molar-refractivity contribution < 1.29 is 4.39 Å². The van der Waals surface area contributed by atoms with Gasteiger partial charge in [0.2, 0.25) is 0 Å². The maximum absolute atomic E-state index is 14.4. The summed E-state index contributed by atoms with van der Waals surface area (Å²) in [6.07, 6.45) is 0.624. The first-order chi connectivity index (χ1) is 11.5. The molecular formula is C17H20FN4PS. The van der Waals surface area contributed by atoms with E-state index in [0.717, 1.165) is 23.5 Å². The van der Waals surface area contributed by atoms with Gasteiger partial charge in [0.1, 0.15) is 17.8 Å². The second-order valence-electron chi connectivity index (χ2n) is 5.78. The number of nitrogens with zero attached hydrogens (tertiary/aromatic N) is 2. The second-order valence-corrected chi connectivity index (χ2v) is 7.03.